The molecule has 0 saturated carbocycles. The van der Waals surface area contributed by atoms with E-state index in [2.05, 4.69) is 5.32 Å². The Hall–Kier alpha value is -2.28. The molecule has 1 aromatic heterocycles. The first-order chi connectivity index (χ1) is 15.9. The molecule has 34 heavy (non-hydrogen) atoms. The van der Waals surface area contributed by atoms with Crippen molar-refractivity contribution in [2.24, 2.45) is 5.92 Å². The summed E-state index contributed by atoms with van der Waals surface area (Å²) in [7, 11) is -7.24. The van der Waals surface area contributed by atoms with E-state index in [1.165, 1.54) is 39.9 Å². The molecule has 1 aromatic carbocycles. The average molecular weight is 529 g/mol. The maximum atomic E-state index is 13.0. The fraction of sp³-hybridized carbons (Fsp3) is 0.455. The van der Waals surface area contributed by atoms with Crippen molar-refractivity contribution in [2.45, 2.75) is 43.4 Å². The standard InChI is InChI=1S/C22H28N2O7S3/c1-5-31-22(26)19-14(2)15(3)32-21(19)23-20(25)16-10-12-24(13-11-16)34(29,30)18-8-6-17(7-9-18)33(4,27)28/h6-9,16H,5,10-13H2,1-4H3,(H,23,25). The summed E-state index contributed by atoms with van der Waals surface area (Å²) in [5.41, 5.74) is 1.12. The van der Waals surface area contributed by atoms with Crippen LogP contribution in [0.2, 0.25) is 0 Å². The zero-order chi connectivity index (χ0) is 25.3. The molecular formula is C22H28N2O7S3. The van der Waals surface area contributed by atoms with Gasteiger partial charge in [0.2, 0.25) is 15.9 Å². The molecule has 1 saturated heterocycles. The molecule has 12 heteroatoms. The second kappa shape index (κ2) is 10.1. The van der Waals surface area contributed by atoms with Crippen LogP contribution in [-0.4, -0.2) is 59.0 Å². The second-order valence-corrected chi connectivity index (χ2v) is 13.3. The highest BCUT2D eigenvalue weighted by Gasteiger charge is 2.33. The Balaban J connectivity index is 1.68. The van der Waals surface area contributed by atoms with Crippen molar-refractivity contribution in [3.05, 3.63) is 40.3 Å². The summed E-state index contributed by atoms with van der Waals surface area (Å²) in [6.07, 6.45) is 1.70. The number of anilines is 1. The first kappa shape index (κ1) is 26.3. The van der Waals surface area contributed by atoms with Crippen molar-refractivity contribution in [1.29, 1.82) is 0 Å². The van der Waals surface area contributed by atoms with Crippen LogP contribution in [0.3, 0.4) is 0 Å². The zero-order valence-corrected chi connectivity index (χ0v) is 21.9. The van der Waals surface area contributed by atoms with Crippen LogP contribution in [0.5, 0.6) is 0 Å². The molecule has 1 amide bonds. The summed E-state index contributed by atoms with van der Waals surface area (Å²) >= 11 is 1.31. The van der Waals surface area contributed by atoms with Crippen LogP contribution in [0.15, 0.2) is 34.1 Å². The Kier molecular flexibility index (Phi) is 7.85. The van der Waals surface area contributed by atoms with Gasteiger partial charge in [0, 0.05) is 30.1 Å². The van der Waals surface area contributed by atoms with Gasteiger partial charge in [0.1, 0.15) is 5.00 Å². The van der Waals surface area contributed by atoms with Gasteiger partial charge >= 0.3 is 5.97 Å². The first-order valence-corrected chi connectivity index (χ1v) is 14.9. The number of carbonyl (C=O) groups excluding carboxylic acids is 2. The predicted molar refractivity (Wildman–Crippen MR) is 129 cm³/mol. The molecule has 3 rings (SSSR count). The molecule has 0 aliphatic carbocycles. The van der Waals surface area contributed by atoms with E-state index in [4.69, 9.17) is 4.74 Å². The summed E-state index contributed by atoms with van der Waals surface area (Å²) < 4.78 is 55.6. The molecule has 2 aromatic rings. The summed E-state index contributed by atoms with van der Waals surface area (Å²) in [6, 6.07) is 5.11. The van der Waals surface area contributed by atoms with Gasteiger partial charge in [-0.1, -0.05) is 0 Å². The van der Waals surface area contributed by atoms with Gasteiger partial charge in [-0.3, -0.25) is 4.79 Å². The number of esters is 1. The number of rotatable bonds is 7. The van der Waals surface area contributed by atoms with Crippen LogP contribution >= 0.6 is 11.3 Å². The number of hydrogen-bond donors (Lipinski definition) is 1. The molecule has 0 bridgehead atoms. The SMILES string of the molecule is CCOC(=O)c1c(NC(=O)C2CCN(S(=O)(=O)c3ccc(S(C)(=O)=O)cc3)CC2)sc(C)c1C. The van der Waals surface area contributed by atoms with Gasteiger partial charge in [-0.2, -0.15) is 4.31 Å². The average Bonchev–Trinajstić information content (AvgIpc) is 3.06. The van der Waals surface area contributed by atoms with Gasteiger partial charge in [0.15, 0.2) is 9.84 Å². The van der Waals surface area contributed by atoms with Gasteiger partial charge < -0.3 is 10.1 Å². The molecule has 186 valence electrons. The van der Waals surface area contributed by atoms with Crippen LogP contribution in [-0.2, 0) is 29.4 Å². The summed E-state index contributed by atoms with van der Waals surface area (Å²) in [4.78, 5) is 26.2. The lowest BCUT2D eigenvalue weighted by atomic mass is 9.97. The molecule has 1 fully saturated rings. The molecular weight excluding hydrogens is 500 g/mol. The van der Waals surface area contributed by atoms with Crippen LogP contribution in [0.4, 0.5) is 5.00 Å². The van der Waals surface area contributed by atoms with Crippen molar-refractivity contribution < 1.29 is 31.2 Å². The number of piperidine rings is 1. The van der Waals surface area contributed by atoms with E-state index in [1.807, 2.05) is 6.92 Å². The second-order valence-electron chi connectivity index (χ2n) is 8.12. The van der Waals surface area contributed by atoms with Gasteiger partial charge in [0.25, 0.3) is 0 Å². The van der Waals surface area contributed by atoms with E-state index >= 15 is 0 Å². The van der Waals surface area contributed by atoms with E-state index < -0.39 is 31.7 Å². The zero-order valence-electron chi connectivity index (χ0n) is 19.5. The number of aryl methyl sites for hydroxylation is 1. The normalized spacial score (nSPS) is 15.8. The fourth-order valence-electron chi connectivity index (χ4n) is 3.74. The lowest BCUT2D eigenvalue weighted by molar-refractivity contribution is -0.120. The third-order valence-corrected chi connectivity index (χ3v) is 9.98. The molecule has 0 radical (unpaired) electrons. The van der Waals surface area contributed by atoms with Gasteiger partial charge in [0.05, 0.1) is 22.0 Å². The minimum Gasteiger partial charge on any atom is -0.462 e. The maximum absolute atomic E-state index is 13.0. The lowest BCUT2D eigenvalue weighted by Crippen LogP contribution is -2.41. The van der Waals surface area contributed by atoms with E-state index in [9.17, 15) is 26.4 Å². The van der Waals surface area contributed by atoms with Crippen LogP contribution < -0.4 is 5.32 Å². The van der Waals surface area contributed by atoms with E-state index in [1.54, 1.807) is 13.8 Å². The van der Waals surface area contributed by atoms with Crippen LogP contribution in [0.1, 0.15) is 40.6 Å². The maximum Gasteiger partial charge on any atom is 0.341 e. The number of nitrogens with zero attached hydrogens (tertiary/aromatic N) is 1. The number of thiophene rings is 1. The molecule has 2 heterocycles. The molecule has 0 spiro atoms. The number of benzene rings is 1. The number of sulfonamides is 1. The van der Waals surface area contributed by atoms with Crippen molar-refractivity contribution in [3.8, 4) is 0 Å². The third-order valence-electron chi connectivity index (χ3n) is 5.82. The third kappa shape index (κ3) is 5.51. The van der Waals surface area contributed by atoms with Crippen molar-refractivity contribution in [2.75, 3.05) is 31.3 Å². The van der Waals surface area contributed by atoms with Crippen LogP contribution in [0, 0.1) is 19.8 Å². The van der Waals surface area contributed by atoms with Crippen molar-refractivity contribution >= 4 is 48.1 Å². The molecule has 0 unspecified atom stereocenters. The highest BCUT2D eigenvalue weighted by atomic mass is 32.2. The number of sulfone groups is 1. The molecule has 1 N–H and O–H groups in total. The Morgan fingerprint density at radius 1 is 1.06 bits per heavy atom. The Morgan fingerprint density at radius 2 is 1.62 bits per heavy atom. The topological polar surface area (TPSA) is 127 Å². The van der Waals surface area contributed by atoms with E-state index in [-0.39, 0.29) is 35.4 Å². The van der Waals surface area contributed by atoms with Gasteiger partial charge in [-0.05, 0) is 63.4 Å². The summed E-state index contributed by atoms with van der Waals surface area (Å²) in [5, 5.41) is 3.28. The smallest absolute Gasteiger partial charge is 0.341 e. The number of hydrogen-bond acceptors (Lipinski definition) is 8. The number of ether oxygens (including phenoxy) is 1. The van der Waals surface area contributed by atoms with Gasteiger partial charge in [-0.25, -0.2) is 21.6 Å². The van der Waals surface area contributed by atoms with E-state index in [0.29, 0.717) is 23.4 Å². The Bertz CT molecular complexity index is 1290. The quantitative estimate of drug-likeness (QED) is 0.547. The monoisotopic (exact) mass is 528 g/mol. The van der Waals surface area contributed by atoms with E-state index in [0.717, 1.165) is 16.7 Å². The van der Waals surface area contributed by atoms with Crippen molar-refractivity contribution in [1.82, 2.24) is 4.31 Å². The summed E-state index contributed by atoms with van der Waals surface area (Å²) in [6.45, 7) is 5.92. The number of nitrogens with one attached hydrogen (secondary N) is 1. The molecule has 1 aliphatic heterocycles. The molecule has 0 atom stereocenters. The van der Waals surface area contributed by atoms with Gasteiger partial charge in [-0.15, -0.1) is 11.3 Å². The number of amides is 1. The summed E-state index contributed by atoms with van der Waals surface area (Å²) in [5.74, 6) is -1.15. The fourth-order valence-corrected chi connectivity index (χ4v) is 6.90. The Morgan fingerprint density at radius 3 is 2.15 bits per heavy atom. The largest absolute Gasteiger partial charge is 0.462 e. The number of carbonyl (C=O) groups is 2. The lowest BCUT2D eigenvalue weighted by Gasteiger charge is -2.30. The molecule has 9 nitrogen and oxygen atoms in total. The van der Waals surface area contributed by atoms with Crippen molar-refractivity contribution in [3.63, 3.8) is 0 Å². The molecule has 1 aliphatic rings. The highest BCUT2D eigenvalue weighted by molar-refractivity contribution is 7.90. The minimum absolute atomic E-state index is 0.00594. The predicted octanol–water partition coefficient (Wildman–Crippen LogP) is 2.98. The highest BCUT2D eigenvalue weighted by Crippen LogP contribution is 2.34. The Labute approximate surface area is 204 Å². The first-order valence-electron chi connectivity index (χ1n) is 10.7. The minimum atomic E-state index is -3.81. The van der Waals surface area contributed by atoms with Crippen LogP contribution in [0.25, 0.3) is 0 Å².